The summed E-state index contributed by atoms with van der Waals surface area (Å²) in [5.41, 5.74) is 1.68. The van der Waals surface area contributed by atoms with Crippen molar-refractivity contribution in [1.29, 1.82) is 0 Å². The van der Waals surface area contributed by atoms with Crippen LogP contribution in [-0.2, 0) is 4.79 Å². The molecule has 0 bridgehead atoms. The van der Waals surface area contributed by atoms with Gasteiger partial charge in [-0.05, 0) is 60.5 Å². The molecule has 5 heteroatoms. The van der Waals surface area contributed by atoms with Gasteiger partial charge in [0.15, 0.2) is 0 Å². The Bertz CT molecular complexity index is 669. The van der Waals surface area contributed by atoms with Gasteiger partial charge in [0.25, 0.3) is 0 Å². The number of benzene rings is 1. The predicted octanol–water partition coefficient (Wildman–Crippen LogP) is 5.95. The highest BCUT2D eigenvalue weighted by Gasteiger charge is 2.47. The molecule has 152 valence electrons. The van der Waals surface area contributed by atoms with Crippen LogP contribution >= 0.6 is 12.6 Å². The minimum atomic E-state index is -1.84. The lowest BCUT2D eigenvalue weighted by Crippen LogP contribution is -2.56. The average Bonchev–Trinajstić information content (AvgIpc) is 3.03. The summed E-state index contributed by atoms with van der Waals surface area (Å²) in [6.45, 7) is 16.1. The molecule has 1 fully saturated rings. The van der Waals surface area contributed by atoms with Gasteiger partial charge in [-0.15, -0.1) is 12.6 Å². The van der Waals surface area contributed by atoms with Crippen LogP contribution in [0.1, 0.15) is 72.8 Å². The molecule has 0 radical (unpaired) electrons. The quantitative estimate of drug-likeness (QED) is 0.433. The molecule has 1 aliphatic carbocycles. The van der Waals surface area contributed by atoms with Crippen LogP contribution in [0.2, 0.25) is 16.6 Å². The van der Waals surface area contributed by atoms with E-state index in [-0.39, 0.29) is 0 Å². The highest BCUT2D eigenvalue weighted by molar-refractivity contribution is 7.80. The monoisotopic (exact) mass is 408 g/mol. The van der Waals surface area contributed by atoms with E-state index in [0.29, 0.717) is 35.2 Å². The number of thiol groups is 1. The molecule has 0 unspecified atom stereocenters. The van der Waals surface area contributed by atoms with Crippen molar-refractivity contribution in [3.63, 3.8) is 0 Å². The lowest BCUT2D eigenvalue weighted by Gasteiger charge is -2.44. The fraction of sp³-hybridized carbons (Fsp3) is 0.682. The van der Waals surface area contributed by atoms with E-state index < -0.39 is 19.6 Å². The van der Waals surface area contributed by atoms with E-state index in [1.54, 1.807) is 0 Å². The Balaban J connectivity index is 2.55. The van der Waals surface area contributed by atoms with Crippen molar-refractivity contribution in [2.24, 2.45) is 0 Å². The summed E-state index contributed by atoms with van der Waals surface area (Å²) in [4.78, 5) is 12.9. The number of rotatable bonds is 7. The van der Waals surface area contributed by atoms with Crippen LogP contribution in [0, 0.1) is 6.92 Å². The van der Waals surface area contributed by atoms with Crippen molar-refractivity contribution in [1.82, 2.24) is 0 Å². The van der Waals surface area contributed by atoms with Gasteiger partial charge in [0.05, 0.1) is 8.07 Å². The molecule has 27 heavy (non-hydrogen) atoms. The smallest absolute Gasteiger partial charge is 0.348 e. The van der Waals surface area contributed by atoms with E-state index in [0.717, 1.165) is 23.3 Å². The maximum atomic E-state index is 11.9. The lowest BCUT2D eigenvalue weighted by atomic mass is 10.0. The van der Waals surface area contributed by atoms with Gasteiger partial charge in [-0.3, -0.25) is 0 Å². The zero-order valence-electron chi connectivity index (χ0n) is 17.9. The summed E-state index contributed by atoms with van der Waals surface area (Å²) in [6.07, 6.45) is 2.96. The molecule has 0 heterocycles. The van der Waals surface area contributed by atoms with Gasteiger partial charge in [0, 0.05) is 10.5 Å². The second-order valence-corrected chi connectivity index (χ2v) is 15.4. The van der Waals surface area contributed by atoms with Crippen LogP contribution in [0.5, 0.6) is 5.75 Å². The number of carboxylic acid groups (broad SMARTS) is 1. The Morgan fingerprint density at radius 1 is 1.07 bits per heavy atom. The number of aliphatic carboxylic acids is 1. The topological polar surface area (TPSA) is 46.5 Å². The molecule has 0 saturated heterocycles. The van der Waals surface area contributed by atoms with Crippen molar-refractivity contribution in [2.45, 2.75) is 101 Å². The first-order valence-electron chi connectivity index (χ1n) is 10.3. The minimum absolute atomic E-state index is 0.577. The Morgan fingerprint density at radius 2 is 1.56 bits per heavy atom. The van der Waals surface area contributed by atoms with Crippen molar-refractivity contribution in [3.05, 3.63) is 17.7 Å². The standard InChI is InChI=1S/C22H36O3SSi/c1-14(2)27(15(3)4,16(5)6)19-11-10-18(17(7)20(19)26)25-22(21(23)24)12-8-9-13-22/h10-11,14-16,26H,8-9,12-13H2,1-7H3,(H,23,24). The fourth-order valence-electron chi connectivity index (χ4n) is 5.59. The molecule has 0 spiro atoms. The van der Waals surface area contributed by atoms with Crippen LogP contribution in [0.15, 0.2) is 17.0 Å². The highest BCUT2D eigenvalue weighted by Crippen LogP contribution is 2.44. The maximum absolute atomic E-state index is 11.9. The van der Waals surface area contributed by atoms with Crippen molar-refractivity contribution >= 4 is 31.9 Å². The van der Waals surface area contributed by atoms with Gasteiger partial charge in [-0.25, -0.2) is 4.79 Å². The molecule has 1 aromatic rings. The second kappa shape index (κ2) is 8.20. The van der Waals surface area contributed by atoms with Crippen molar-refractivity contribution in [2.75, 3.05) is 0 Å². The molecule has 3 nitrogen and oxygen atoms in total. The summed E-state index contributed by atoms with van der Waals surface area (Å²) < 4.78 is 6.15. The SMILES string of the molecule is Cc1c(OC2(C(=O)O)CCCC2)ccc([Si](C(C)C)(C(C)C)C(C)C)c1S. The normalized spacial score (nSPS) is 17.1. The number of hydrogen-bond acceptors (Lipinski definition) is 3. The molecule has 1 saturated carbocycles. The van der Waals surface area contributed by atoms with Gasteiger partial charge in [-0.1, -0.05) is 47.6 Å². The molecule has 1 N–H and O–H groups in total. The summed E-state index contributed by atoms with van der Waals surface area (Å²) in [7, 11) is -1.84. The molecule has 0 aliphatic heterocycles. The Hall–Kier alpha value is -0.943. The van der Waals surface area contributed by atoms with E-state index in [1.807, 2.05) is 13.0 Å². The molecule has 0 atom stereocenters. The number of carboxylic acids is 1. The van der Waals surface area contributed by atoms with Crippen LogP contribution in [0.25, 0.3) is 0 Å². The third kappa shape index (κ3) is 3.69. The van der Waals surface area contributed by atoms with Crippen LogP contribution in [-0.4, -0.2) is 24.8 Å². The van der Waals surface area contributed by atoms with Gasteiger partial charge >= 0.3 is 5.97 Å². The second-order valence-electron chi connectivity index (χ2n) is 9.09. The van der Waals surface area contributed by atoms with Gasteiger partial charge in [0.1, 0.15) is 5.75 Å². The molecule has 2 rings (SSSR count). The van der Waals surface area contributed by atoms with E-state index in [2.05, 4.69) is 47.6 Å². The fourth-order valence-corrected chi connectivity index (χ4v) is 13.2. The van der Waals surface area contributed by atoms with E-state index in [9.17, 15) is 9.90 Å². The first-order valence-corrected chi connectivity index (χ1v) is 12.9. The first kappa shape index (κ1) is 22.3. The Kier molecular flexibility index (Phi) is 6.79. The summed E-state index contributed by atoms with van der Waals surface area (Å²) in [5.74, 6) is -0.174. The van der Waals surface area contributed by atoms with Crippen LogP contribution < -0.4 is 9.92 Å². The number of carbonyl (C=O) groups is 1. The summed E-state index contributed by atoms with van der Waals surface area (Å²) >= 11 is 4.94. The van der Waals surface area contributed by atoms with Gasteiger partial charge < -0.3 is 9.84 Å². The van der Waals surface area contributed by atoms with Crippen molar-refractivity contribution < 1.29 is 14.6 Å². The largest absolute Gasteiger partial charge is 0.478 e. The molecule has 0 aromatic heterocycles. The highest BCUT2D eigenvalue weighted by atomic mass is 32.1. The predicted molar refractivity (Wildman–Crippen MR) is 119 cm³/mol. The third-order valence-electron chi connectivity index (χ3n) is 6.82. The molecule has 0 amide bonds. The minimum Gasteiger partial charge on any atom is -0.478 e. The molecular formula is C22H36O3SSi. The zero-order chi connectivity index (χ0) is 20.6. The summed E-state index contributed by atoms with van der Waals surface area (Å²) in [6, 6.07) is 4.18. The molecule has 1 aliphatic rings. The lowest BCUT2D eigenvalue weighted by molar-refractivity contribution is -0.154. The van der Waals surface area contributed by atoms with E-state index >= 15 is 0 Å². The van der Waals surface area contributed by atoms with E-state index in [4.69, 9.17) is 17.4 Å². The molecular weight excluding hydrogens is 372 g/mol. The van der Waals surface area contributed by atoms with Crippen molar-refractivity contribution in [3.8, 4) is 5.75 Å². The maximum Gasteiger partial charge on any atom is 0.348 e. The van der Waals surface area contributed by atoms with E-state index in [1.165, 1.54) is 5.19 Å². The average molecular weight is 409 g/mol. The van der Waals surface area contributed by atoms with Gasteiger partial charge in [-0.2, -0.15) is 0 Å². The number of hydrogen-bond donors (Lipinski definition) is 2. The van der Waals surface area contributed by atoms with Gasteiger partial charge in [0.2, 0.25) is 5.60 Å². The molecule has 1 aromatic carbocycles. The zero-order valence-corrected chi connectivity index (χ0v) is 19.8. The Morgan fingerprint density at radius 3 is 1.96 bits per heavy atom. The Labute approximate surface area is 171 Å². The third-order valence-corrected chi connectivity index (χ3v) is 14.7. The number of ether oxygens (including phenoxy) is 1. The van der Waals surface area contributed by atoms with Crippen LogP contribution in [0.4, 0.5) is 0 Å². The summed E-state index contributed by atoms with van der Waals surface area (Å²) in [5, 5.41) is 11.1. The first-order chi connectivity index (χ1) is 12.5. The van der Waals surface area contributed by atoms with Crippen LogP contribution in [0.3, 0.4) is 0 Å².